The summed E-state index contributed by atoms with van der Waals surface area (Å²) in [5.41, 5.74) is 12.9. The maximum Gasteiger partial charge on any atom is 0.123 e. The second-order valence-corrected chi connectivity index (χ2v) is 14.4. The van der Waals surface area contributed by atoms with Crippen LogP contribution in [0.1, 0.15) is 22.3 Å². The van der Waals surface area contributed by atoms with E-state index >= 15 is 0 Å². The molecule has 3 heteroatoms. The summed E-state index contributed by atoms with van der Waals surface area (Å²) in [4.78, 5) is 2.30. The lowest BCUT2D eigenvalue weighted by molar-refractivity contribution is 0.622. The molecular formula is C53H35F2N. The summed E-state index contributed by atoms with van der Waals surface area (Å²) in [5.74, 6) is -0.615. The molecule has 56 heavy (non-hydrogen) atoms. The molecule has 0 saturated carbocycles. The predicted molar refractivity (Wildman–Crippen MR) is 227 cm³/mol. The number of hydrogen-bond acceptors (Lipinski definition) is 1. The third-order valence-electron chi connectivity index (χ3n) is 11.3. The van der Waals surface area contributed by atoms with E-state index in [0.717, 1.165) is 83.5 Å². The van der Waals surface area contributed by atoms with Crippen molar-refractivity contribution >= 4 is 27.8 Å². The summed E-state index contributed by atoms with van der Waals surface area (Å²) in [6.07, 6.45) is 0. The van der Waals surface area contributed by atoms with Gasteiger partial charge >= 0.3 is 0 Å². The molecule has 1 aliphatic rings. The van der Waals surface area contributed by atoms with Crippen LogP contribution in [0.15, 0.2) is 212 Å². The van der Waals surface area contributed by atoms with E-state index in [1.165, 1.54) is 24.3 Å². The average molecular weight is 724 g/mol. The molecule has 9 aromatic carbocycles. The van der Waals surface area contributed by atoms with Crippen LogP contribution in [0.3, 0.4) is 0 Å². The van der Waals surface area contributed by atoms with Crippen LogP contribution >= 0.6 is 0 Å². The molecule has 1 aliphatic carbocycles. The van der Waals surface area contributed by atoms with Crippen LogP contribution in [-0.2, 0) is 5.41 Å². The van der Waals surface area contributed by atoms with E-state index in [-0.39, 0.29) is 11.6 Å². The summed E-state index contributed by atoms with van der Waals surface area (Å²) in [7, 11) is 0. The number of halogens is 2. The fourth-order valence-corrected chi connectivity index (χ4v) is 8.72. The summed E-state index contributed by atoms with van der Waals surface area (Å²) >= 11 is 0. The van der Waals surface area contributed by atoms with Crippen molar-refractivity contribution in [1.82, 2.24) is 0 Å². The van der Waals surface area contributed by atoms with E-state index in [1.54, 1.807) is 0 Å². The van der Waals surface area contributed by atoms with E-state index in [4.69, 9.17) is 0 Å². The topological polar surface area (TPSA) is 3.24 Å². The Balaban J connectivity index is 1.23. The van der Waals surface area contributed by atoms with Crippen LogP contribution in [0.5, 0.6) is 0 Å². The first kappa shape index (κ1) is 33.5. The largest absolute Gasteiger partial charge is 0.310 e. The molecular weight excluding hydrogens is 689 g/mol. The Kier molecular flexibility index (Phi) is 8.15. The Morgan fingerprint density at radius 1 is 0.357 bits per heavy atom. The zero-order valence-corrected chi connectivity index (χ0v) is 30.4. The van der Waals surface area contributed by atoms with Gasteiger partial charge in [0.25, 0.3) is 0 Å². The molecule has 1 nitrogen and oxygen atoms in total. The van der Waals surface area contributed by atoms with Crippen molar-refractivity contribution in [2.75, 3.05) is 4.90 Å². The van der Waals surface area contributed by atoms with Gasteiger partial charge in [0, 0.05) is 17.1 Å². The molecule has 0 aliphatic heterocycles. The standard InChI is InChI=1S/C53H35F2N/c54-43-24-20-41(21-25-43)53(42-22-26-44(55)27-23-42)50-34-19-40-13-7-8-14-48(40)52(50)49-33-32-47(35-51(49)53)56(45-28-15-38(16-29-45)36-9-3-1-4-10-36)46-30-17-39(18-31-46)37-11-5-2-6-12-37/h1-35H. The average Bonchev–Trinajstić information content (AvgIpc) is 3.56. The normalized spacial score (nSPS) is 12.6. The first-order valence-corrected chi connectivity index (χ1v) is 18.9. The Bertz CT molecular complexity index is 2700. The summed E-state index contributed by atoms with van der Waals surface area (Å²) in [6.45, 7) is 0. The highest BCUT2D eigenvalue weighted by atomic mass is 19.1. The van der Waals surface area contributed by atoms with Crippen LogP contribution in [-0.4, -0.2) is 0 Å². The van der Waals surface area contributed by atoms with Gasteiger partial charge in [-0.25, -0.2) is 8.78 Å². The lowest BCUT2D eigenvalue weighted by atomic mass is 9.67. The van der Waals surface area contributed by atoms with Gasteiger partial charge in [0.1, 0.15) is 11.6 Å². The third-order valence-corrected chi connectivity index (χ3v) is 11.3. The van der Waals surface area contributed by atoms with Gasteiger partial charge < -0.3 is 4.90 Å². The van der Waals surface area contributed by atoms with Crippen molar-refractivity contribution in [3.63, 3.8) is 0 Å². The van der Waals surface area contributed by atoms with Crippen molar-refractivity contribution < 1.29 is 8.78 Å². The second-order valence-electron chi connectivity index (χ2n) is 14.4. The summed E-state index contributed by atoms with van der Waals surface area (Å²) in [5, 5.41) is 2.27. The zero-order chi connectivity index (χ0) is 37.6. The Morgan fingerprint density at radius 3 is 1.36 bits per heavy atom. The molecule has 0 fully saturated rings. The quantitative estimate of drug-likeness (QED) is 0.158. The fourth-order valence-electron chi connectivity index (χ4n) is 8.72. The molecule has 0 unspecified atom stereocenters. The highest BCUT2D eigenvalue weighted by Gasteiger charge is 2.47. The Labute approximate surface area is 325 Å². The van der Waals surface area contributed by atoms with Crippen LogP contribution in [0.4, 0.5) is 25.8 Å². The number of rotatable bonds is 7. The molecule has 266 valence electrons. The van der Waals surface area contributed by atoms with Crippen LogP contribution in [0, 0.1) is 11.6 Å². The number of fused-ring (bicyclic) bond motifs is 5. The third kappa shape index (κ3) is 5.51. The van der Waals surface area contributed by atoms with Gasteiger partial charge in [-0.15, -0.1) is 0 Å². The number of anilines is 3. The van der Waals surface area contributed by atoms with Gasteiger partial charge in [-0.05, 0) is 127 Å². The molecule has 0 heterocycles. The van der Waals surface area contributed by atoms with Gasteiger partial charge in [-0.3, -0.25) is 0 Å². The monoisotopic (exact) mass is 723 g/mol. The van der Waals surface area contributed by atoms with Gasteiger partial charge in [-0.1, -0.05) is 152 Å². The molecule has 9 aromatic rings. The maximum absolute atomic E-state index is 14.7. The SMILES string of the molecule is Fc1ccc(C2(c3ccc(F)cc3)c3cc(N(c4ccc(-c5ccccc5)cc4)c4ccc(-c5ccccc5)cc4)ccc3-c3c2ccc2ccccc32)cc1. The van der Waals surface area contributed by atoms with Crippen LogP contribution in [0.25, 0.3) is 44.2 Å². The Hall–Kier alpha value is -7.10. The lowest BCUT2D eigenvalue weighted by Gasteiger charge is -2.35. The molecule has 0 bridgehead atoms. The summed E-state index contributed by atoms with van der Waals surface area (Å²) in [6, 6.07) is 71.3. The zero-order valence-electron chi connectivity index (χ0n) is 30.4. The van der Waals surface area contributed by atoms with Crippen molar-refractivity contribution in [2.45, 2.75) is 5.41 Å². The fraction of sp³-hybridized carbons (Fsp3) is 0.0189. The number of benzene rings is 9. The molecule has 0 radical (unpaired) electrons. The van der Waals surface area contributed by atoms with E-state index in [9.17, 15) is 8.78 Å². The van der Waals surface area contributed by atoms with E-state index in [2.05, 4.69) is 157 Å². The smallest absolute Gasteiger partial charge is 0.123 e. The van der Waals surface area contributed by atoms with Gasteiger partial charge in [0.05, 0.1) is 5.41 Å². The molecule has 0 aromatic heterocycles. The first-order chi connectivity index (χ1) is 27.6. The maximum atomic E-state index is 14.7. The predicted octanol–water partition coefficient (Wildman–Crippen LogP) is 14.3. The van der Waals surface area contributed by atoms with Gasteiger partial charge in [0.2, 0.25) is 0 Å². The Morgan fingerprint density at radius 2 is 0.821 bits per heavy atom. The molecule has 0 amide bonds. The number of hydrogen-bond donors (Lipinski definition) is 0. The van der Waals surface area contributed by atoms with E-state index in [1.807, 2.05) is 36.4 Å². The molecule has 10 rings (SSSR count). The molecule has 0 atom stereocenters. The highest BCUT2D eigenvalue weighted by molar-refractivity contribution is 6.04. The van der Waals surface area contributed by atoms with Crippen LogP contribution < -0.4 is 4.90 Å². The minimum Gasteiger partial charge on any atom is -0.310 e. The highest BCUT2D eigenvalue weighted by Crippen LogP contribution is 2.59. The van der Waals surface area contributed by atoms with Crippen molar-refractivity contribution in [2.24, 2.45) is 0 Å². The summed E-state index contributed by atoms with van der Waals surface area (Å²) < 4.78 is 29.4. The minimum absolute atomic E-state index is 0.308. The van der Waals surface area contributed by atoms with E-state index < -0.39 is 5.41 Å². The van der Waals surface area contributed by atoms with Crippen molar-refractivity contribution in [1.29, 1.82) is 0 Å². The van der Waals surface area contributed by atoms with Gasteiger partial charge in [0.15, 0.2) is 0 Å². The molecule has 0 spiro atoms. The number of nitrogens with zero attached hydrogens (tertiary/aromatic N) is 1. The lowest BCUT2D eigenvalue weighted by Crippen LogP contribution is -2.29. The minimum atomic E-state index is -0.869. The van der Waals surface area contributed by atoms with Crippen molar-refractivity contribution in [3.8, 4) is 33.4 Å². The first-order valence-electron chi connectivity index (χ1n) is 18.9. The van der Waals surface area contributed by atoms with Crippen LogP contribution in [0.2, 0.25) is 0 Å². The second kappa shape index (κ2) is 13.6. The van der Waals surface area contributed by atoms with E-state index in [0.29, 0.717) is 0 Å². The molecule has 0 saturated heterocycles. The van der Waals surface area contributed by atoms with Crippen molar-refractivity contribution in [3.05, 3.63) is 246 Å². The van der Waals surface area contributed by atoms with Gasteiger partial charge in [-0.2, -0.15) is 0 Å². The molecule has 0 N–H and O–H groups in total.